The fraction of sp³-hybridized carbons (Fsp3) is 0.462. The molecule has 0 saturated heterocycles. The molecule has 0 heterocycles. The third-order valence-corrected chi connectivity index (χ3v) is 4.98. The summed E-state index contributed by atoms with van der Waals surface area (Å²) in [5, 5.41) is 8.71. The normalized spacial score (nSPS) is 11.5. The quantitative estimate of drug-likeness (QED) is 0.677. The molecule has 0 amide bonds. The van der Waals surface area contributed by atoms with Gasteiger partial charge in [-0.2, -0.15) is 11.8 Å². The summed E-state index contributed by atoms with van der Waals surface area (Å²) in [7, 11) is -3.95. The van der Waals surface area contributed by atoms with Crippen molar-refractivity contribution < 1.29 is 22.7 Å². The van der Waals surface area contributed by atoms with Crippen molar-refractivity contribution in [3.8, 4) is 0 Å². The molecule has 1 aromatic rings. The van der Waals surface area contributed by atoms with Crippen LogP contribution in [0.25, 0.3) is 0 Å². The fourth-order valence-electron chi connectivity index (χ4n) is 1.68. The highest BCUT2D eigenvalue weighted by Crippen LogP contribution is 2.16. The first-order valence-corrected chi connectivity index (χ1v) is 9.27. The molecule has 0 aliphatic heterocycles. The topological polar surface area (TPSA) is 83.5 Å². The predicted molar refractivity (Wildman–Crippen MR) is 80.8 cm³/mol. The molecule has 1 rings (SSSR count). The van der Waals surface area contributed by atoms with E-state index >= 15 is 0 Å². The van der Waals surface area contributed by atoms with E-state index in [1.807, 2.05) is 6.26 Å². The molecule has 21 heavy (non-hydrogen) atoms. The number of carboxylic acid groups (broad SMARTS) is 1. The predicted octanol–water partition coefficient (Wildman–Crippen LogP) is 2.34. The lowest BCUT2D eigenvalue weighted by Crippen LogP contribution is -2.25. The van der Waals surface area contributed by atoms with E-state index in [1.165, 1.54) is 0 Å². The number of aromatic carboxylic acids is 1. The molecule has 0 aliphatic carbocycles. The number of hydrogen-bond acceptors (Lipinski definition) is 4. The Labute approximate surface area is 128 Å². The van der Waals surface area contributed by atoms with Crippen molar-refractivity contribution in [2.45, 2.75) is 24.2 Å². The summed E-state index contributed by atoms with van der Waals surface area (Å²) >= 11 is 1.73. The average molecular weight is 335 g/mol. The van der Waals surface area contributed by atoms with Crippen molar-refractivity contribution in [2.75, 3.05) is 18.6 Å². The minimum atomic E-state index is -3.95. The number of carboxylic acids is 1. The van der Waals surface area contributed by atoms with Gasteiger partial charge >= 0.3 is 5.97 Å². The molecule has 5 nitrogen and oxygen atoms in total. The maximum absolute atomic E-state index is 13.7. The summed E-state index contributed by atoms with van der Waals surface area (Å²) in [5.74, 6) is -1.35. The number of rotatable bonds is 9. The second-order valence-electron chi connectivity index (χ2n) is 4.40. The monoisotopic (exact) mass is 335 g/mol. The lowest BCUT2D eigenvalue weighted by molar-refractivity contribution is 0.0696. The van der Waals surface area contributed by atoms with Crippen molar-refractivity contribution in [1.82, 2.24) is 4.72 Å². The maximum Gasteiger partial charge on any atom is 0.335 e. The molecule has 118 valence electrons. The summed E-state index contributed by atoms with van der Waals surface area (Å²) in [4.78, 5) is 10.1. The van der Waals surface area contributed by atoms with Crippen LogP contribution in [-0.4, -0.2) is 38.0 Å². The van der Waals surface area contributed by atoms with E-state index in [1.54, 1.807) is 11.8 Å². The standard InChI is InChI=1S/C13H18FNO4S2/c1-20-8-4-2-3-7-15-21(18,19)12-6-5-10(13(16)17)9-11(12)14/h5-6,9,15H,2-4,7-8H2,1H3,(H,16,17). The average Bonchev–Trinajstić information content (AvgIpc) is 2.42. The Bertz CT molecular complexity index is 590. The van der Waals surface area contributed by atoms with Gasteiger partial charge in [0.1, 0.15) is 10.7 Å². The van der Waals surface area contributed by atoms with Crippen LogP contribution in [0.5, 0.6) is 0 Å². The molecular formula is C13H18FNO4S2. The number of thioether (sulfide) groups is 1. The Hall–Kier alpha value is -1.12. The van der Waals surface area contributed by atoms with Gasteiger partial charge in [0, 0.05) is 6.54 Å². The number of halogens is 1. The van der Waals surface area contributed by atoms with E-state index in [0.717, 1.165) is 30.7 Å². The minimum absolute atomic E-state index is 0.233. The number of unbranched alkanes of at least 4 members (excludes halogenated alkanes) is 2. The van der Waals surface area contributed by atoms with Crippen LogP contribution in [0.3, 0.4) is 0 Å². The maximum atomic E-state index is 13.7. The molecule has 0 radical (unpaired) electrons. The Balaban J connectivity index is 2.64. The lowest BCUT2D eigenvalue weighted by Gasteiger charge is -2.08. The molecule has 1 aromatic carbocycles. The highest BCUT2D eigenvalue weighted by Gasteiger charge is 2.19. The van der Waals surface area contributed by atoms with Crippen LogP contribution < -0.4 is 4.72 Å². The van der Waals surface area contributed by atoms with E-state index in [2.05, 4.69) is 4.72 Å². The first-order valence-electron chi connectivity index (χ1n) is 6.40. The third kappa shape index (κ3) is 5.64. The lowest BCUT2D eigenvalue weighted by atomic mass is 10.2. The van der Waals surface area contributed by atoms with Gasteiger partial charge < -0.3 is 5.11 Å². The van der Waals surface area contributed by atoms with Crippen molar-refractivity contribution in [3.05, 3.63) is 29.6 Å². The van der Waals surface area contributed by atoms with Gasteiger partial charge in [0.05, 0.1) is 5.56 Å². The summed E-state index contributed by atoms with van der Waals surface area (Å²) in [5.41, 5.74) is -0.288. The number of carbonyl (C=O) groups is 1. The van der Waals surface area contributed by atoms with E-state index in [4.69, 9.17) is 5.11 Å². The van der Waals surface area contributed by atoms with Gasteiger partial charge in [-0.3, -0.25) is 0 Å². The Kier molecular flexibility index (Phi) is 7.13. The van der Waals surface area contributed by atoms with Gasteiger partial charge in [-0.15, -0.1) is 0 Å². The summed E-state index contributed by atoms with van der Waals surface area (Å²) in [6.07, 6.45) is 4.58. The van der Waals surface area contributed by atoms with Gasteiger partial charge in [-0.25, -0.2) is 22.3 Å². The Morgan fingerprint density at radius 3 is 2.62 bits per heavy atom. The fourth-order valence-corrected chi connectivity index (χ4v) is 3.31. The summed E-state index contributed by atoms with van der Waals surface area (Å²) < 4.78 is 39.9. The number of sulfonamides is 1. The van der Waals surface area contributed by atoms with Gasteiger partial charge in [0.2, 0.25) is 10.0 Å². The number of nitrogens with one attached hydrogen (secondary N) is 1. The highest BCUT2D eigenvalue weighted by atomic mass is 32.2. The molecule has 0 aromatic heterocycles. The smallest absolute Gasteiger partial charge is 0.335 e. The minimum Gasteiger partial charge on any atom is -0.478 e. The van der Waals surface area contributed by atoms with Crippen LogP contribution in [0.4, 0.5) is 4.39 Å². The van der Waals surface area contributed by atoms with E-state index < -0.39 is 26.7 Å². The van der Waals surface area contributed by atoms with Crippen molar-refractivity contribution >= 4 is 27.8 Å². The number of hydrogen-bond donors (Lipinski definition) is 2. The van der Waals surface area contributed by atoms with Crippen LogP contribution in [0, 0.1) is 5.82 Å². The van der Waals surface area contributed by atoms with Gasteiger partial charge in [0.25, 0.3) is 0 Å². The molecule has 2 N–H and O–H groups in total. The van der Waals surface area contributed by atoms with Crippen LogP contribution >= 0.6 is 11.8 Å². The van der Waals surface area contributed by atoms with Crippen LogP contribution in [0.15, 0.2) is 23.1 Å². The largest absolute Gasteiger partial charge is 0.478 e. The SMILES string of the molecule is CSCCCCCNS(=O)(=O)c1ccc(C(=O)O)cc1F. The molecule has 0 bridgehead atoms. The highest BCUT2D eigenvalue weighted by molar-refractivity contribution is 7.98. The Morgan fingerprint density at radius 2 is 2.05 bits per heavy atom. The molecule has 0 unspecified atom stereocenters. The third-order valence-electron chi connectivity index (χ3n) is 2.79. The molecule has 0 fully saturated rings. The summed E-state index contributed by atoms with van der Waals surface area (Å²) in [6, 6.07) is 2.74. The second-order valence-corrected chi connectivity index (χ2v) is 7.12. The zero-order valence-electron chi connectivity index (χ0n) is 11.6. The first-order chi connectivity index (χ1) is 9.88. The van der Waals surface area contributed by atoms with Gasteiger partial charge in [0.15, 0.2) is 0 Å². The molecule has 0 atom stereocenters. The molecule has 0 aliphatic rings. The van der Waals surface area contributed by atoms with Crippen molar-refractivity contribution in [3.63, 3.8) is 0 Å². The molecule has 8 heteroatoms. The summed E-state index contributed by atoms with van der Waals surface area (Å²) in [6.45, 7) is 0.233. The van der Waals surface area contributed by atoms with E-state index in [9.17, 15) is 17.6 Å². The Morgan fingerprint density at radius 1 is 1.33 bits per heavy atom. The molecule has 0 saturated carbocycles. The molecule has 0 spiro atoms. The van der Waals surface area contributed by atoms with Crippen LogP contribution in [-0.2, 0) is 10.0 Å². The zero-order chi connectivity index (χ0) is 15.9. The van der Waals surface area contributed by atoms with Crippen LogP contribution in [0.2, 0.25) is 0 Å². The number of benzene rings is 1. The van der Waals surface area contributed by atoms with Crippen molar-refractivity contribution in [2.24, 2.45) is 0 Å². The van der Waals surface area contributed by atoms with Crippen molar-refractivity contribution in [1.29, 1.82) is 0 Å². The molecular weight excluding hydrogens is 317 g/mol. The first kappa shape index (κ1) is 17.9. The zero-order valence-corrected chi connectivity index (χ0v) is 13.3. The van der Waals surface area contributed by atoms with E-state index in [0.29, 0.717) is 12.5 Å². The van der Waals surface area contributed by atoms with E-state index in [-0.39, 0.29) is 12.1 Å². The van der Waals surface area contributed by atoms with Crippen LogP contribution in [0.1, 0.15) is 29.6 Å². The second kappa shape index (κ2) is 8.35. The van der Waals surface area contributed by atoms with Gasteiger partial charge in [-0.1, -0.05) is 6.42 Å². The van der Waals surface area contributed by atoms with Gasteiger partial charge in [-0.05, 0) is 43.0 Å².